The molecule has 6 N–H and O–H groups in total. The second-order valence-corrected chi connectivity index (χ2v) is 11.5. The minimum Gasteiger partial charge on any atom is -0.503 e. The number of rotatable bonds is 9. The van der Waals surface area contributed by atoms with E-state index in [4.69, 9.17) is 26.7 Å². The second-order valence-electron chi connectivity index (χ2n) is 8.87. The summed E-state index contributed by atoms with van der Waals surface area (Å²) >= 11 is 6.98. The van der Waals surface area contributed by atoms with Gasteiger partial charge >= 0.3 is 10.4 Å². The lowest BCUT2D eigenvalue weighted by Crippen LogP contribution is -2.76. The highest BCUT2D eigenvalue weighted by atomic mass is 35.5. The molecule has 0 aliphatic carbocycles. The summed E-state index contributed by atoms with van der Waals surface area (Å²) in [5.41, 5.74) is 2.59. The number of nitrogens with zero attached hydrogens (tertiary/aromatic N) is 4. The Bertz CT molecular complexity index is 1470. The first-order chi connectivity index (χ1) is 17.4. The number of carbonyl (C=O) groups is 2. The molecule has 208 valence electrons. The Labute approximate surface area is 224 Å². The maximum atomic E-state index is 13.2. The van der Waals surface area contributed by atoms with Crippen LogP contribution in [0.3, 0.4) is 0 Å². The van der Waals surface area contributed by atoms with Crippen LogP contribution in [0.1, 0.15) is 45.2 Å². The van der Waals surface area contributed by atoms with Crippen molar-refractivity contribution in [3.63, 3.8) is 0 Å². The SMILES string of the molecule is CC(C)[C@H](O/N=C(\C(=O)N[C@@H]1C(=O)N(OS(=O)(=O)O)C1(C)C)c1nc(N)sc1Cl)c1cc(=O)c(O)cn1O. The van der Waals surface area contributed by atoms with E-state index in [-0.39, 0.29) is 20.9 Å². The number of carbonyl (C=O) groups excluding carboxylic acids is 2. The van der Waals surface area contributed by atoms with Crippen LogP contribution in [0.15, 0.2) is 22.2 Å². The van der Waals surface area contributed by atoms with Crippen LogP contribution in [0.4, 0.5) is 5.13 Å². The van der Waals surface area contributed by atoms with Crippen molar-refractivity contribution in [1.29, 1.82) is 0 Å². The van der Waals surface area contributed by atoms with Gasteiger partial charge in [-0.1, -0.05) is 41.9 Å². The lowest BCUT2D eigenvalue weighted by molar-refractivity contribution is -0.218. The van der Waals surface area contributed by atoms with E-state index in [1.807, 2.05) is 0 Å². The van der Waals surface area contributed by atoms with E-state index in [0.717, 1.165) is 23.6 Å². The predicted molar refractivity (Wildman–Crippen MR) is 132 cm³/mol. The van der Waals surface area contributed by atoms with E-state index in [1.165, 1.54) is 13.8 Å². The van der Waals surface area contributed by atoms with Gasteiger partial charge in [-0.15, -0.1) is 4.28 Å². The topological polar surface area (TPSA) is 236 Å². The minimum atomic E-state index is -5.02. The van der Waals surface area contributed by atoms with Gasteiger partial charge in [-0.2, -0.15) is 18.2 Å². The molecule has 1 saturated heterocycles. The number of oxime groups is 1. The Kier molecular flexibility index (Phi) is 7.94. The van der Waals surface area contributed by atoms with Gasteiger partial charge in [-0.25, -0.2) is 4.98 Å². The number of hydroxylamine groups is 2. The third-order valence-corrected chi connectivity index (χ3v) is 6.78. The van der Waals surface area contributed by atoms with Gasteiger partial charge in [0.15, 0.2) is 22.7 Å². The molecule has 2 amide bonds. The van der Waals surface area contributed by atoms with Crippen LogP contribution in [0.25, 0.3) is 0 Å². The van der Waals surface area contributed by atoms with Crippen molar-refractivity contribution in [3.8, 4) is 5.75 Å². The molecule has 3 rings (SSSR count). The van der Waals surface area contributed by atoms with E-state index in [2.05, 4.69) is 19.7 Å². The van der Waals surface area contributed by atoms with Gasteiger partial charge in [-0.3, -0.25) is 18.9 Å². The Morgan fingerprint density at radius 3 is 2.50 bits per heavy atom. The number of amides is 2. The van der Waals surface area contributed by atoms with Gasteiger partial charge in [0.05, 0.1) is 11.7 Å². The lowest BCUT2D eigenvalue weighted by atomic mass is 9.84. The van der Waals surface area contributed by atoms with Gasteiger partial charge in [0.1, 0.15) is 21.8 Å². The highest BCUT2D eigenvalue weighted by Gasteiger charge is 2.58. The molecule has 1 aliphatic rings. The first-order valence-corrected chi connectivity index (χ1v) is 13.1. The number of pyridine rings is 1. The highest BCUT2D eigenvalue weighted by Crippen LogP contribution is 2.34. The Morgan fingerprint density at radius 1 is 1.37 bits per heavy atom. The van der Waals surface area contributed by atoms with Crippen LogP contribution in [0.5, 0.6) is 5.75 Å². The smallest absolute Gasteiger partial charge is 0.418 e. The fourth-order valence-corrected chi connectivity index (χ4v) is 4.82. The summed E-state index contributed by atoms with van der Waals surface area (Å²) in [5, 5.41) is 26.3. The summed E-state index contributed by atoms with van der Waals surface area (Å²) in [7, 11) is -5.02. The van der Waals surface area contributed by atoms with Crippen LogP contribution in [-0.4, -0.2) is 67.2 Å². The van der Waals surface area contributed by atoms with Crippen molar-refractivity contribution < 1.29 is 42.0 Å². The summed E-state index contributed by atoms with van der Waals surface area (Å²) in [6.07, 6.45) is -0.373. The number of β-lactam (4-membered cyclic amide) rings is 1. The van der Waals surface area contributed by atoms with Crippen LogP contribution in [0.2, 0.25) is 4.34 Å². The number of thiazole rings is 1. The molecule has 38 heavy (non-hydrogen) atoms. The highest BCUT2D eigenvalue weighted by molar-refractivity contribution is 7.80. The molecule has 2 atom stereocenters. The average molecular weight is 595 g/mol. The zero-order chi connectivity index (χ0) is 28.7. The largest absolute Gasteiger partial charge is 0.503 e. The molecule has 0 bridgehead atoms. The van der Waals surface area contributed by atoms with Crippen molar-refractivity contribution >= 4 is 56.0 Å². The summed E-state index contributed by atoms with van der Waals surface area (Å²) in [4.78, 5) is 47.1. The van der Waals surface area contributed by atoms with Gasteiger partial charge in [0.25, 0.3) is 11.8 Å². The number of halogens is 1. The number of nitrogen functional groups attached to an aromatic ring is 1. The van der Waals surface area contributed by atoms with Gasteiger partial charge in [-0.05, 0) is 19.8 Å². The normalized spacial score (nSPS) is 18.3. The number of anilines is 1. The van der Waals surface area contributed by atoms with Crippen LogP contribution >= 0.6 is 22.9 Å². The molecule has 2 aromatic rings. The second kappa shape index (κ2) is 10.4. The van der Waals surface area contributed by atoms with Crippen LogP contribution in [-0.2, 0) is 29.1 Å². The molecule has 0 saturated carbocycles. The first kappa shape index (κ1) is 29.1. The van der Waals surface area contributed by atoms with Crippen LogP contribution < -0.4 is 16.5 Å². The lowest BCUT2D eigenvalue weighted by Gasteiger charge is -2.50. The van der Waals surface area contributed by atoms with Crippen molar-refractivity contribution in [2.75, 3.05) is 5.73 Å². The average Bonchev–Trinajstić information content (AvgIpc) is 3.12. The first-order valence-electron chi connectivity index (χ1n) is 10.6. The molecule has 19 heteroatoms. The zero-order valence-electron chi connectivity index (χ0n) is 20.1. The number of hydrogen-bond acceptors (Lipinski definition) is 13. The van der Waals surface area contributed by atoms with E-state index >= 15 is 0 Å². The summed E-state index contributed by atoms with van der Waals surface area (Å²) in [6, 6.07) is -0.417. The van der Waals surface area contributed by atoms with Crippen molar-refractivity contribution in [2.45, 2.75) is 45.4 Å². The van der Waals surface area contributed by atoms with Gasteiger partial charge < -0.3 is 26.2 Å². The quantitative estimate of drug-likeness (QED) is 0.0874. The van der Waals surface area contributed by atoms with Crippen LogP contribution in [0, 0.1) is 5.92 Å². The minimum absolute atomic E-state index is 0.0265. The standard InChI is InChI=1S/C19H23ClN6O10S2/c1-7(2)13(8-5-9(27)10(28)6-25(8)31)35-24-12(11-15(20)37-18(21)22-11)16(29)23-14-17(30)26(19(14,3)4)36-38(32,33)34/h5-7,13-14,28,31H,1-4H3,(H2,21,22)(H,23,29)(H,32,33,34)/b24-12-/t13-,14+/m0/s1. The molecule has 16 nitrogen and oxygen atoms in total. The summed E-state index contributed by atoms with van der Waals surface area (Å²) in [6.45, 7) is 6.02. The maximum absolute atomic E-state index is 13.2. The van der Waals surface area contributed by atoms with Gasteiger partial charge in [0, 0.05) is 6.07 Å². The van der Waals surface area contributed by atoms with E-state index < -0.39 is 62.7 Å². The molecule has 0 spiro atoms. The Balaban J connectivity index is 1.96. The molecule has 2 aromatic heterocycles. The van der Waals surface area contributed by atoms with E-state index in [1.54, 1.807) is 13.8 Å². The monoisotopic (exact) mass is 594 g/mol. The van der Waals surface area contributed by atoms with Gasteiger partial charge in [0.2, 0.25) is 5.43 Å². The number of nitrogens with two attached hydrogens (primary N) is 1. The zero-order valence-corrected chi connectivity index (χ0v) is 22.5. The molecule has 0 radical (unpaired) electrons. The fraction of sp³-hybridized carbons (Fsp3) is 0.421. The van der Waals surface area contributed by atoms with E-state index in [0.29, 0.717) is 9.79 Å². The Morgan fingerprint density at radius 2 is 2.00 bits per heavy atom. The predicted octanol–water partition coefficient (Wildman–Crippen LogP) is 0.441. The molecule has 0 aromatic carbocycles. The molecule has 1 aliphatic heterocycles. The van der Waals surface area contributed by atoms with Crippen molar-refractivity contribution in [2.24, 2.45) is 11.1 Å². The molecule has 0 unspecified atom stereocenters. The number of hydrogen-bond donors (Lipinski definition) is 5. The third-order valence-electron chi connectivity index (χ3n) is 5.36. The van der Waals surface area contributed by atoms with E-state index in [9.17, 15) is 33.1 Å². The summed E-state index contributed by atoms with van der Waals surface area (Å²) in [5.74, 6) is -3.20. The molecule has 1 fully saturated rings. The maximum Gasteiger partial charge on any atom is 0.418 e. The van der Waals surface area contributed by atoms with Crippen molar-refractivity contribution in [3.05, 3.63) is 38.2 Å². The third kappa shape index (κ3) is 5.83. The van der Waals surface area contributed by atoms with Crippen molar-refractivity contribution in [1.82, 2.24) is 20.1 Å². The molecular formula is C19H23ClN6O10S2. The number of aromatic hydroxyl groups is 1. The number of nitrogens with one attached hydrogen (secondary N) is 1. The molecule has 3 heterocycles. The fourth-order valence-electron chi connectivity index (χ4n) is 3.44. The number of aromatic nitrogens is 2. The molecular weight excluding hydrogens is 572 g/mol. The Hall–Kier alpha value is -3.45. The summed E-state index contributed by atoms with van der Waals surface area (Å²) < 4.78 is 35.6.